The highest BCUT2D eigenvalue weighted by Gasteiger charge is 2.30. The smallest absolute Gasteiger partial charge is 0.162 e. The minimum absolute atomic E-state index is 0.129. The van der Waals surface area contributed by atoms with Gasteiger partial charge < -0.3 is 0 Å². The molecule has 1 saturated carbocycles. The summed E-state index contributed by atoms with van der Waals surface area (Å²) in [7, 11) is 0. The predicted octanol–water partition coefficient (Wildman–Crippen LogP) is 6.69. The van der Waals surface area contributed by atoms with Crippen LogP contribution in [0.2, 0.25) is 5.02 Å². The van der Waals surface area contributed by atoms with Gasteiger partial charge in [0.05, 0.1) is 22.3 Å². The second kappa shape index (κ2) is 9.92. The average molecular weight is 529 g/mol. The lowest BCUT2D eigenvalue weighted by Gasteiger charge is -2.21. The summed E-state index contributed by atoms with van der Waals surface area (Å²) in [6.07, 6.45) is 10.6. The van der Waals surface area contributed by atoms with Crippen molar-refractivity contribution >= 4 is 28.6 Å². The molecular formula is C29H29ClN6S. The van der Waals surface area contributed by atoms with E-state index < -0.39 is 0 Å². The van der Waals surface area contributed by atoms with Gasteiger partial charge in [-0.1, -0.05) is 54.8 Å². The first-order valence-electron chi connectivity index (χ1n) is 12.9. The van der Waals surface area contributed by atoms with Gasteiger partial charge >= 0.3 is 0 Å². The Kier molecular flexibility index (Phi) is 6.48. The largest absolute Gasteiger partial charge is 0.273 e. The number of aryl methyl sites for hydroxylation is 1. The normalized spacial score (nSPS) is 17.4. The number of benzene rings is 1. The van der Waals surface area contributed by atoms with Gasteiger partial charge in [-0.25, -0.2) is 0 Å². The third-order valence-corrected chi connectivity index (χ3v) is 8.80. The van der Waals surface area contributed by atoms with Gasteiger partial charge in [-0.15, -0.1) is 21.5 Å². The molecule has 0 radical (unpaired) electrons. The second-order valence-corrected chi connectivity index (χ2v) is 11.5. The third-order valence-electron chi connectivity index (χ3n) is 7.36. The average Bonchev–Trinajstić information content (AvgIpc) is 3.57. The molecule has 0 spiro atoms. The van der Waals surface area contributed by atoms with E-state index >= 15 is 0 Å². The van der Waals surface area contributed by atoms with Crippen molar-refractivity contribution in [2.45, 2.75) is 65.5 Å². The predicted molar refractivity (Wildman–Crippen MR) is 149 cm³/mol. The van der Waals surface area contributed by atoms with Crippen LogP contribution in [-0.4, -0.2) is 30.3 Å². The highest BCUT2D eigenvalue weighted by Crippen LogP contribution is 2.38. The van der Waals surface area contributed by atoms with E-state index in [1.807, 2.05) is 37.4 Å². The molecule has 188 valence electrons. The first-order chi connectivity index (χ1) is 18.0. The molecule has 4 heterocycles. The fourth-order valence-corrected chi connectivity index (χ4v) is 6.73. The Labute approximate surface area is 226 Å². The second-order valence-electron chi connectivity index (χ2n) is 10.0. The molecule has 0 unspecified atom stereocenters. The molecule has 0 amide bonds. The lowest BCUT2D eigenvalue weighted by atomic mass is 9.89. The van der Waals surface area contributed by atoms with Crippen LogP contribution in [0.1, 0.15) is 83.8 Å². The molecule has 1 aromatic carbocycles. The van der Waals surface area contributed by atoms with E-state index in [1.165, 1.54) is 32.1 Å². The number of fused-ring (bicyclic) bond motifs is 3. The van der Waals surface area contributed by atoms with Gasteiger partial charge in [0, 0.05) is 28.9 Å². The van der Waals surface area contributed by atoms with Crippen LogP contribution < -0.4 is 0 Å². The summed E-state index contributed by atoms with van der Waals surface area (Å²) >= 11 is 7.86. The number of hydrogen-bond donors (Lipinski definition) is 0. The van der Waals surface area contributed by atoms with Crippen molar-refractivity contribution in [3.63, 3.8) is 0 Å². The lowest BCUT2D eigenvalue weighted by molar-refractivity contribution is 0.308. The Bertz CT molecular complexity index is 1540. The Morgan fingerprint density at radius 3 is 2.62 bits per heavy atom. The minimum Gasteiger partial charge on any atom is -0.273 e. The number of aliphatic imine (C=N–C) groups is 1. The van der Waals surface area contributed by atoms with E-state index in [0.29, 0.717) is 5.02 Å². The summed E-state index contributed by atoms with van der Waals surface area (Å²) in [4.78, 5) is 6.13. The van der Waals surface area contributed by atoms with Crippen molar-refractivity contribution in [2.24, 2.45) is 10.9 Å². The van der Waals surface area contributed by atoms with Crippen LogP contribution in [0.25, 0.3) is 5.00 Å². The number of aromatic nitrogens is 5. The zero-order valence-electron chi connectivity index (χ0n) is 21.3. The van der Waals surface area contributed by atoms with Crippen LogP contribution in [0.3, 0.4) is 0 Å². The summed E-state index contributed by atoms with van der Waals surface area (Å²) in [5, 5.41) is 15.2. The standard InChI is InChI=1S/C29H29ClN6S/c1-18-25(14-9-22-15-31-35(17-22)16-21-7-5-4-6-8-21)37-29-26(18)27(23-10-12-24(30)13-11-23)32-19(2)28-34-33-20(3)36(28)29/h10-13,15,17,19,21H,4-8,16H2,1-3H3/t19-/m0/s1. The molecule has 1 aliphatic heterocycles. The van der Waals surface area contributed by atoms with Crippen molar-refractivity contribution in [3.8, 4) is 16.8 Å². The maximum atomic E-state index is 6.19. The van der Waals surface area contributed by atoms with Crippen molar-refractivity contribution in [2.75, 3.05) is 0 Å². The van der Waals surface area contributed by atoms with Crippen molar-refractivity contribution in [3.05, 3.63) is 80.5 Å². The quantitative estimate of drug-likeness (QED) is 0.278. The van der Waals surface area contributed by atoms with Crippen molar-refractivity contribution in [1.29, 1.82) is 0 Å². The number of nitrogens with zero attached hydrogens (tertiary/aromatic N) is 6. The number of halogens is 1. The highest BCUT2D eigenvalue weighted by molar-refractivity contribution is 7.15. The van der Waals surface area contributed by atoms with Crippen LogP contribution in [0.15, 0.2) is 41.7 Å². The summed E-state index contributed by atoms with van der Waals surface area (Å²) in [6, 6.07) is 7.75. The molecule has 4 aromatic rings. The summed E-state index contributed by atoms with van der Waals surface area (Å²) < 4.78 is 4.20. The molecule has 8 heteroatoms. The van der Waals surface area contributed by atoms with Gasteiger partial charge in [0.25, 0.3) is 0 Å². The third kappa shape index (κ3) is 4.65. The van der Waals surface area contributed by atoms with E-state index in [0.717, 1.165) is 62.0 Å². The molecule has 3 aromatic heterocycles. The van der Waals surface area contributed by atoms with Crippen LogP contribution in [0, 0.1) is 31.6 Å². The zero-order valence-corrected chi connectivity index (χ0v) is 22.9. The molecule has 1 aliphatic carbocycles. The summed E-state index contributed by atoms with van der Waals surface area (Å²) in [5.74, 6) is 9.23. The van der Waals surface area contributed by atoms with Crippen LogP contribution in [0.4, 0.5) is 0 Å². The molecule has 1 fully saturated rings. The minimum atomic E-state index is -0.129. The van der Waals surface area contributed by atoms with E-state index in [2.05, 4.69) is 56.4 Å². The molecule has 6 nitrogen and oxygen atoms in total. The SMILES string of the molecule is Cc1c(C#Cc2cnn(CC3CCCCC3)c2)sc2c1C(c1ccc(Cl)cc1)=N[C@@H](C)c1nnc(C)n1-2. The maximum Gasteiger partial charge on any atom is 0.162 e. The van der Waals surface area contributed by atoms with Gasteiger partial charge in [-0.05, 0) is 57.2 Å². The number of rotatable bonds is 3. The van der Waals surface area contributed by atoms with Crippen molar-refractivity contribution < 1.29 is 0 Å². The van der Waals surface area contributed by atoms with Crippen LogP contribution >= 0.6 is 22.9 Å². The van der Waals surface area contributed by atoms with Gasteiger partial charge in [0.2, 0.25) is 0 Å². The number of thiophene rings is 1. The Hall–Kier alpha value is -3.21. The van der Waals surface area contributed by atoms with E-state index in [9.17, 15) is 0 Å². The van der Waals surface area contributed by atoms with Gasteiger partial charge in [-0.3, -0.25) is 14.2 Å². The summed E-state index contributed by atoms with van der Waals surface area (Å²) in [5.41, 5.74) is 5.10. The molecule has 37 heavy (non-hydrogen) atoms. The molecule has 1 atom stereocenters. The van der Waals surface area contributed by atoms with E-state index in [4.69, 9.17) is 16.6 Å². The first-order valence-corrected chi connectivity index (χ1v) is 14.1. The monoisotopic (exact) mass is 528 g/mol. The molecular weight excluding hydrogens is 500 g/mol. The van der Waals surface area contributed by atoms with Gasteiger partial charge in [0.15, 0.2) is 5.82 Å². The maximum absolute atomic E-state index is 6.19. The molecule has 0 saturated heterocycles. The van der Waals surface area contributed by atoms with E-state index in [1.54, 1.807) is 11.3 Å². The molecule has 6 rings (SSSR count). The fraction of sp³-hybridized carbons (Fsp3) is 0.379. The molecule has 2 aliphatic rings. The molecule has 0 bridgehead atoms. The topological polar surface area (TPSA) is 60.9 Å². The van der Waals surface area contributed by atoms with Gasteiger partial charge in [0.1, 0.15) is 16.9 Å². The fourth-order valence-electron chi connectivity index (χ4n) is 5.39. The Morgan fingerprint density at radius 2 is 1.84 bits per heavy atom. The zero-order chi connectivity index (χ0) is 25.5. The Balaban J connectivity index is 1.39. The molecule has 0 N–H and O–H groups in total. The van der Waals surface area contributed by atoms with Gasteiger partial charge in [-0.2, -0.15) is 5.10 Å². The van der Waals surface area contributed by atoms with Crippen LogP contribution in [0.5, 0.6) is 0 Å². The Morgan fingerprint density at radius 1 is 1.05 bits per heavy atom. The summed E-state index contributed by atoms with van der Waals surface area (Å²) in [6.45, 7) is 7.17. The number of hydrogen-bond acceptors (Lipinski definition) is 5. The van der Waals surface area contributed by atoms with Crippen molar-refractivity contribution in [1.82, 2.24) is 24.5 Å². The first kappa shape index (κ1) is 24.1. The highest BCUT2D eigenvalue weighted by atomic mass is 35.5. The van der Waals surface area contributed by atoms with E-state index in [-0.39, 0.29) is 6.04 Å². The van der Waals surface area contributed by atoms with Crippen LogP contribution in [-0.2, 0) is 6.54 Å². The lowest BCUT2D eigenvalue weighted by Crippen LogP contribution is -2.14.